The Morgan fingerprint density at radius 2 is 1.91 bits per heavy atom. The predicted molar refractivity (Wildman–Crippen MR) is 67.2 cm³/mol. The molecule has 0 aliphatic carbocycles. The minimum atomic E-state index is -4.78. The van der Waals surface area contributed by atoms with Crippen molar-refractivity contribution in [2.24, 2.45) is 5.92 Å². The van der Waals surface area contributed by atoms with Crippen LogP contribution in [0.15, 0.2) is 12.1 Å². The fraction of sp³-hybridized carbons (Fsp3) is 0.500. The van der Waals surface area contributed by atoms with Crippen molar-refractivity contribution in [3.05, 3.63) is 29.3 Å². The number of methoxy groups -OCH3 is 1. The standard InChI is InChI=1S/C14H13F5O4/c1-5-8(6-3-4-7(15)9(16)10(6)22-2)11(13(20)21)23-12(5)14(17,18)19/h3-5,8,11-12H,1-2H3,(H,20,21)/t5-,8-,11?,12+/m0/s1. The molecule has 0 aromatic heterocycles. The third kappa shape index (κ3) is 2.97. The molecule has 1 saturated heterocycles. The molecule has 128 valence electrons. The van der Waals surface area contributed by atoms with Gasteiger partial charge in [0.1, 0.15) is 0 Å². The first-order valence-corrected chi connectivity index (χ1v) is 6.56. The number of carboxylic acid groups (broad SMARTS) is 1. The molecule has 2 rings (SSSR count). The van der Waals surface area contributed by atoms with Crippen molar-refractivity contribution in [2.75, 3.05) is 7.11 Å². The van der Waals surface area contributed by atoms with Crippen LogP contribution < -0.4 is 4.74 Å². The van der Waals surface area contributed by atoms with Gasteiger partial charge in [0.05, 0.1) is 7.11 Å². The second kappa shape index (κ2) is 5.95. The molecule has 9 heteroatoms. The smallest absolute Gasteiger partial charge is 0.414 e. The molecule has 1 fully saturated rings. The molecule has 1 aliphatic heterocycles. The van der Waals surface area contributed by atoms with Gasteiger partial charge in [-0.1, -0.05) is 13.0 Å². The first-order valence-electron chi connectivity index (χ1n) is 6.56. The van der Waals surface area contributed by atoms with Gasteiger partial charge in [-0.05, 0) is 6.07 Å². The van der Waals surface area contributed by atoms with Gasteiger partial charge in [0.15, 0.2) is 23.8 Å². The highest BCUT2D eigenvalue weighted by Crippen LogP contribution is 2.48. The molecule has 0 spiro atoms. The normalized spacial score (nSPS) is 28.0. The number of aliphatic carboxylic acids is 1. The molecule has 0 saturated carbocycles. The molecule has 0 radical (unpaired) electrons. The highest BCUT2D eigenvalue weighted by atomic mass is 19.4. The van der Waals surface area contributed by atoms with Crippen LogP contribution in [0.5, 0.6) is 5.75 Å². The Hall–Kier alpha value is -1.90. The van der Waals surface area contributed by atoms with E-state index in [0.29, 0.717) is 6.07 Å². The molecule has 1 aromatic rings. The molecule has 4 nitrogen and oxygen atoms in total. The Balaban J connectivity index is 2.56. The summed E-state index contributed by atoms with van der Waals surface area (Å²) >= 11 is 0. The van der Waals surface area contributed by atoms with Crippen molar-refractivity contribution in [1.82, 2.24) is 0 Å². The monoisotopic (exact) mass is 340 g/mol. The summed E-state index contributed by atoms with van der Waals surface area (Å²) in [5, 5.41) is 9.13. The van der Waals surface area contributed by atoms with Crippen LogP contribution in [0.25, 0.3) is 0 Å². The van der Waals surface area contributed by atoms with Crippen molar-refractivity contribution in [2.45, 2.75) is 31.2 Å². The third-order valence-electron chi connectivity index (χ3n) is 3.87. The maximum atomic E-state index is 13.8. The van der Waals surface area contributed by atoms with Crippen molar-refractivity contribution in [1.29, 1.82) is 0 Å². The minimum Gasteiger partial charge on any atom is -0.493 e. The van der Waals surface area contributed by atoms with Crippen molar-refractivity contribution >= 4 is 5.97 Å². The maximum Gasteiger partial charge on any atom is 0.414 e. The van der Waals surface area contributed by atoms with Gasteiger partial charge in [-0.2, -0.15) is 17.6 Å². The maximum absolute atomic E-state index is 13.8. The summed E-state index contributed by atoms with van der Waals surface area (Å²) in [7, 11) is 1.01. The summed E-state index contributed by atoms with van der Waals surface area (Å²) in [6.07, 6.45) is -8.96. The molecule has 1 N–H and O–H groups in total. The third-order valence-corrected chi connectivity index (χ3v) is 3.87. The van der Waals surface area contributed by atoms with Crippen LogP contribution >= 0.6 is 0 Å². The average Bonchev–Trinajstić information content (AvgIpc) is 2.79. The predicted octanol–water partition coefficient (Wildman–Crippen LogP) is 3.11. The zero-order chi connectivity index (χ0) is 17.5. The SMILES string of the molecule is COc1c([C@H]2C(C(=O)O)O[C@@H](C(F)(F)F)[C@H]2C)ccc(F)c1F. The van der Waals surface area contributed by atoms with Crippen LogP contribution in [-0.4, -0.2) is 36.6 Å². The summed E-state index contributed by atoms with van der Waals surface area (Å²) in [5.41, 5.74) is -0.182. The van der Waals surface area contributed by atoms with Crippen LogP contribution in [0.4, 0.5) is 22.0 Å². The minimum absolute atomic E-state index is 0.182. The number of rotatable bonds is 3. The summed E-state index contributed by atoms with van der Waals surface area (Å²) in [4.78, 5) is 11.3. The van der Waals surface area contributed by atoms with Crippen LogP contribution in [0.1, 0.15) is 18.4 Å². The Morgan fingerprint density at radius 1 is 1.30 bits per heavy atom. The number of alkyl halides is 3. The molecule has 1 unspecified atom stereocenters. The second-order valence-corrected chi connectivity index (χ2v) is 5.23. The van der Waals surface area contributed by atoms with Gasteiger partial charge in [0.2, 0.25) is 5.82 Å². The van der Waals surface area contributed by atoms with E-state index in [4.69, 9.17) is 9.84 Å². The molecule has 4 atom stereocenters. The van der Waals surface area contributed by atoms with E-state index in [1.165, 1.54) is 0 Å². The van der Waals surface area contributed by atoms with Crippen LogP contribution in [0.2, 0.25) is 0 Å². The van der Waals surface area contributed by atoms with E-state index in [2.05, 4.69) is 4.74 Å². The van der Waals surface area contributed by atoms with Crippen molar-refractivity contribution < 1.29 is 41.3 Å². The molecule has 0 amide bonds. The Morgan fingerprint density at radius 3 is 2.39 bits per heavy atom. The molecular weight excluding hydrogens is 327 g/mol. The first kappa shape index (κ1) is 17.5. The summed E-state index contributed by atoms with van der Waals surface area (Å²) in [5.74, 6) is -7.56. The molecule has 1 aromatic carbocycles. The van der Waals surface area contributed by atoms with Gasteiger partial charge in [0, 0.05) is 17.4 Å². The van der Waals surface area contributed by atoms with Crippen LogP contribution in [0, 0.1) is 17.6 Å². The van der Waals surface area contributed by atoms with Gasteiger partial charge in [-0.25, -0.2) is 9.18 Å². The largest absolute Gasteiger partial charge is 0.493 e. The molecule has 1 heterocycles. The number of carbonyl (C=O) groups is 1. The summed E-state index contributed by atoms with van der Waals surface area (Å²) < 4.78 is 75.4. The van der Waals surface area contributed by atoms with Gasteiger partial charge < -0.3 is 14.6 Å². The number of hydrogen-bond donors (Lipinski definition) is 1. The van der Waals surface area contributed by atoms with Gasteiger partial charge in [0.25, 0.3) is 0 Å². The summed E-state index contributed by atoms with van der Waals surface area (Å²) in [6, 6.07) is 1.72. The fourth-order valence-corrected chi connectivity index (χ4v) is 2.88. The molecule has 0 bridgehead atoms. The van der Waals surface area contributed by atoms with E-state index < -0.39 is 53.6 Å². The number of halogens is 5. The molecule has 23 heavy (non-hydrogen) atoms. The molecular formula is C14H13F5O4. The highest BCUT2D eigenvalue weighted by molar-refractivity contribution is 5.75. The fourth-order valence-electron chi connectivity index (χ4n) is 2.88. The van der Waals surface area contributed by atoms with Crippen LogP contribution in [-0.2, 0) is 9.53 Å². The van der Waals surface area contributed by atoms with Gasteiger partial charge >= 0.3 is 12.1 Å². The lowest BCUT2D eigenvalue weighted by atomic mass is 9.82. The second-order valence-electron chi connectivity index (χ2n) is 5.23. The lowest BCUT2D eigenvalue weighted by Gasteiger charge is -2.23. The Labute approximate surface area is 127 Å². The van der Waals surface area contributed by atoms with E-state index in [-0.39, 0.29) is 5.56 Å². The van der Waals surface area contributed by atoms with Gasteiger partial charge in [-0.15, -0.1) is 0 Å². The van der Waals surface area contributed by atoms with Crippen molar-refractivity contribution in [3.63, 3.8) is 0 Å². The Kier molecular flexibility index (Phi) is 4.52. The quantitative estimate of drug-likeness (QED) is 0.859. The van der Waals surface area contributed by atoms with Gasteiger partial charge in [-0.3, -0.25) is 0 Å². The van der Waals surface area contributed by atoms with E-state index in [0.717, 1.165) is 20.1 Å². The topological polar surface area (TPSA) is 55.8 Å². The number of benzene rings is 1. The zero-order valence-electron chi connectivity index (χ0n) is 12.0. The van der Waals surface area contributed by atoms with Crippen LogP contribution in [0.3, 0.4) is 0 Å². The van der Waals surface area contributed by atoms with E-state index in [9.17, 15) is 26.7 Å². The molecule has 1 aliphatic rings. The van der Waals surface area contributed by atoms with E-state index in [1.807, 2.05) is 0 Å². The number of ether oxygens (including phenoxy) is 2. The summed E-state index contributed by atoms with van der Waals surface area (Å²) in [6.45, 7) is 1.15. The first-order chi connectivity index (χ1) is 10.6. The van der Waals surface area contributed by atoms with E-state index in [1.54, 1.807) is 0 Å². The number of carboxylic acids is 1. The lowest BCUT2D eigenvalue weighted by molar-refractivity contribution is -0.224. The lowest BCUT2D eigenvalue weighted by Crippen LogP contribution is -2.33. The number of hydrogen-bond acceptors (Lipinski definition) is 3. The van der Waals surface area contributed by atoms with E-state index >= 15 is 0 Å². The highest BCUT2D eigenvalue weighted by Gasteiger charge is 2.57. The Bertz CT molecular complexity index is 616. The van der Waals surface area contributed by atoms with Crippen molar-refractivity contribution in [3.8, 4) is 5.75 Å². The average molecular weight is 340 g/mol. The zero-order valence-corrected chi connectivity index (χ0v) is 12.0.